The van der Waals surface area contributed by atoms with Crippen LogP contribution in [0, 0.1) is 18.3 Å². The Bertz CT molecular complexity index is 380. The van der Waals surface area contributed by atoms with Crippen LogP contribution in [0.1, 0.15) is 29.5 Å². The fourth-order valence-corrected chi connectivity index (χ4v) is 1.81. The van der Waals surface area contributed by atoms with Gasteiger partial charge in [-0.25, -0.2) is 0 Å². The van der Waals surface area contributed by atoms with Gasteiger partial charge in [-0.3, -0.25) is 0 Å². The molecule has 0 heterocycles. The molecule has 0 unspecified atom stereocenters. The van der Waals surface area contributed by atoms with Crippen LogP contribution in [-0.2, 0) is 6.42 Å². The molecule has 2 N–H and O–H groups in total. The molecule has 0 bridgehead atoms. The van der Waals surface area contributed by atoms with Gasteiger partial charge in [0.05, 0.1) is 10.6 Å². The van der Waals surface area contributed by atoms with Crippen molar-refractivity contribution < 1.29 is 0 Å². The van der Waals surface area contributed by atoms with E-state index in [9.17, 15) is 0 Å². The Morgan fingerprint density at radius 3 is 2.73 bits per heavy atom. The standard InChI is InChI=1S/C12H15ClN2/c1-9-6-10(4-2-3-5-14)12(13)11(7-9)8-15/h6-7H,2-5,14H2,1H3. The second-order valence-corrected chi connectivity index (χ2v) is 4.02. The molecule has 0 saturated carbocycles. The van der Waals surface area contributed by atoms with E-state index in [1.54, 1.807) is 0 Å². The van der Waals surface area contributed by atoms with Crippen LogP contribution in [-0.4, -0.2) is 6.54 Å². The number of nitrogens with two attached hydrogens (primary N) is 1. The van der Waals surface area contributed by atoms with E-state index >= 15 is 0 Å². The number of benzene rings is 1. The van der Waals surface area contributed by atoms with Crippen molar-refractivity contribution in [3.63, 3.8) is 0 Å². The van der Waals surface area contributed by atoms with Gasteiger partial charge in [0.2, 0.25) is 0 Å². The molecule has 80 valence electrons. The van der Waals surface area contributed by atoms with E-state index in [1.165, 1.54) is 0 Å². The number of rotatable bonds is 4. The zero-order valence-electron chi connectivity index (χ0n) is 8.89. The molecule has 0 aliphatic rings. The molecule has 1 rings (SSSR count). The van der Waals surface area contributed by atoms with Crippen molar-refractivity contribution in [2.45, 2.75) is 26.2 Å². The number of nitriles is 1. The highest BCUT2D eigenvalue weighted by molar-refractivity contribution is 6.32. The maximum Gasteiger partial charge on any atom is 0.101 e. The Kier molecular flexibility index (Phi) is 4.61. The Morgan fingerprint density at radius 2 is 2.13 bits per heavy atom. The van der Waals surface area contributed by atoms with Crippen molar-refractivity contribution in [3.8, 4) is 6.07 Å². The van der Waals surface area contributed by atoms with Crippen molar-refractivity contribution in [2.24, 2.45) is 5.73 Å². The number of nitrogens with zero attached hydrogens (tertiary/aromatic N) is 1. The fraction of sp³-hybridized carbons (Fsp3) is 0.417. The lowest BCUT2D eigenvalue weighted by atomic mass is 10.0. The topological polar surface area (TPSA) is 49.8 Å². The molecule has 2 nitrogen and oxygen atoms in total. The van der Waals surface area contributed by atoms with Crippen molar-refractivity contribution >= 4 is 11.6 Å². The molecular weight excluding hydrogens is 208 g/mol. The van der Waals surface area contributed by atoms with E-state index in [0.717, 1.165) is 30.4 Å². The summed E-state index contributed by atoms with van der Waals surface area (Å²) in [4.78, 5) is 0. The molecule has 0 spiro atoms. The van der Waals surface area contributed by atoms with Gasteiger partial charge >= 0.3 is 0 Å². The first-order valence-corrected chi connectivity index (χ1v) is 5.46. The third-order valence-electron chi connectivity index (χ3n) is 2.31. The maximum atomic E-state index is 8.88. The molecule has 0 aromatic heterocycles. The van der Waals surface area contributed by atoms with Gasteiger partial charge in [0.15, 0.2) is 0 Å². The lowest BCUT2D eigenvalue weighted by molar-refractivity contribution is 0.744. The molecular formula is C12H15ClN2. The molecule has 0 amide bonds. The molecule has 0 aliphatic carbocycles. The second-order valence-electron chi connectivity index (χ2n) is 3.64. The monoisotopic (exact) mass is 222 g/mol. The van der Waals surface area contributed by atoms with Crippen LogP contribution < -0.4 is 5.73 Å². The Morgan fingerprint density at radius 1 is 1.40 bits per heavy atom. The lowest BCUT2D eigenvalue weighted by Crippen LogP contribution is -1.99. The van der Waals surface area contributed by atoms with Crippen LogP contribution in [0.3, 0.4) is 0 Å². The first kappa shape index (κ1) is 12.0. The van der Waals surface area contributed by atoms with Gasteiger partial charge in [0.25, 0.3) is 0 Å². The summed E-state index contributed by atoms with van der Waals surface area (Å²) in [6.07, 6.45) is 2.91. The van der Waals surface area contributed by atoms with Crippen molar-refractivity contribution in [1.29, 1.82) is 5.26 Å². The van der Waals surface area contributed by atoms with Gasteiger partial charge in [-0.1, -0.05) is 17.7 Å². The summed E-state index contributed by atoms with van der Waals surface area (Å²) in [5, 5.41) is 9.48. The van der Waals surface area contributed by atoms with Gasteiger partial charge in [-0.15, -0.1) is 0 Å². The summed E-state index contributed by atoms with van der Waals surface area (Å²) in [6, 6.07) is 5.97. The predicted octanol–water partition coefficient (Wildman–Crippen LogP) is 2.80. The normalized spacial score (nSPS) is 10.0. The summed E-state index contributed by atoms with van der Waals surface area (Å²) >= 11 is 6.11. The first-order valence-electron chi connectivity index (χ1n) is 5.08. The average Bonchev–Trinajstić information content (AvgIpc) is 2.23. The van der Waals surface area contributed by atoms with Crippen LogP contribution >= 0.6 is 11.6 Å². The molecule has 1 aromatic carbocycles. The summed E-state index contributed by atoms with van der Waals surface area (Å²) in [5.41, 5.74) is 8.14. The summed E-state index contributed by atoms with van der Waals surface area (Å²) < 4.78 is 0. The zero-order valence-corrected chi connectivity index (χ0v) is 9.64. The third kappa shape index (κ3) is 3.23. The molecule has 0 aliphatic heterocycles. The largest absolute Gasteiger partial charge is 0.330 e. The van der Waals surface area contributed by atoms with Crippen molar-refractivity contribution in [1.82, 2.24) is 0 Å². The Hall–Kier alpha value is -1.04. The van der Waals surface area contributed by atoms with Gasteiger partial charge < -0.3 is 5.73 Å². The number of hydrogen-bond donors (Lipinski definition) is 1. The molecule has 0 radical (unpaired) electrons. The van der Waals surface area contributed by atoms with E-state index in [0.29, 0.717) is 17.1 Å². The van der Waals surface area contributed by atoms with Crippen LogP contribution in [0.5, 0.6) is 0 Å². The van der Waals surface area contributed by atoms with E-state index in [-0.39, 0.29) is 0 Å². The third-order valence-corrected chi connectivity index (χ3v) is 2.76. The SMILES string of the molecule is Cc1cc(C#N)c(Cl)c(CCCCN)c1. The molecule has 0 saturated heterocycles. The molecule has 15 heavy (non-hydrogen) atoms. The van der Waals surface area contributed by atoms with Gasteiger partial charge in [-0.05, 0) is 49.9 Å². The minimum Gasteiger partial charge on any atom is -0.330 e. The predicted molar refractivity (Wildman–Crippen MR) is 62.9 cm³/mol. The van der Waals surface area contributed by atoms with E-state index in [4.69, 9.17) is 22.6 Å². The summed E-state index contributed by atoms with van der Waals surface area (Å²) in [7, 11) is 0. The smallest absolute Gasteiger partial charge is 0.101 e. The number of aryl methyl sites for hydroxylation is 2. The van der Waals surface area contributed by atoms with Crippen LogP contribution in [0.4, 0.5) is 0 Å². The van der Waals surface area contributed by atoms with Crippen molar-refractivity contribution in [2.75, 3.05) is 6.54 Å². The summed E-state index contributed by atoms with van der Waals surface area (Å²) in [6.45, 7) is 2.68. The van der Waals surface area contributed by atoms with Gasteiger partial charge in [0, 0.05) is 0 Å². The molecule has 0 atom stereocenters. The highest BCUT2D eigenvalue weighted by Gasteiger charge is 2.06. The minimum absolute atomic E-state index is 0.569. The highest BCUT2D eigenvalue weighted by Crippen LogP contribution is 2.24. The number of halogens is 1. The van der Waals surface area contributed by atoms with Gasteiger partial charge in [-0.2, -0.15) is 5.26 Å². The van der Waals surface area contributed by atoms with Crippen LogP contribution in [0.2, 0.25) is 5.02 Å². The number of unbranched alkanes of at least 4 members (excludes halogenated alkanes) is 1. The Balaban J connectivity index is 2.88. The lowest BCUT2D eigenvalue weighted by Gasteiger charge is -2.07. The van der Waals surface area contributed by atoms with Gasteiger partial charge in [0.1, 0.15) is 6.07 Å². The summed E-state index contributed by atoms with van der Waals surface area (Å²) in [5.74, 6) is 0. The van der Waals surface area contributed by atoms with E-state index in [1.807, 2.05) is 19.1 Å². The quantitative estimate of drug-likeness (QED) is 0.797. The van der Waals surface area contributed by atoms with E-state index in [2.05, 4.69) is 6.07 Å². The highest BCUT2D eigenvalue weighted by atomic mass is 35.5. The maximum absolute atomic E-state index is 8.88. The second kappa shape index (κ2) is 5.75. The first-order chi connectivity index (χ1) is 7.19. The average molecular weight is 223 g/mol. The van der Waals surface area contributed by atoms with Crippen molar-refractivity contribution in [3.05, 3.63) is 33.8 Å². The fourth-order valence-electron chi connectivity index (χ4n) is 1.57. The number of hydrogen-bond acceptors (Lipinski definition) is 2. The molecule has 0 fully saturated rings. The Labute approximate surface area is 95.7 Å². The zero-order chi connectivity index (χ0) is 11.3. The van der Waals surface area contributed by atoms with E-state index < -0.39 is 0 Å². The minimum atomic E-state index is 0.569. The van der Waals surface area contributed by atoms with Crippen LogP contribution in [0.25, 0.3) is 0 Å². The van der Waals surface area contributed by atoms with Crippen LogP contribution in [0.15, 0.2) is 12.1 Å². The molecule has 1 aromatic rings. The molecule has 3 heteroatoms.